The Morgan fingerprint density at radius 3 is 2.84 bits per heavy atom. The summed E-state index contributed by atoms with van der Waals surface area (Å²) in [7, 11) is 0. The molecule has 31 heavy (non-hydrogen) atoms. The Balaban J connectivity index is 1.28. The molecular formula is C22H16N4O3S2. The van der Waals surface area contributed by atoms with E-state index in [1.807, 2.05) is 24.4 Å². The first kappa shape index (κ1) is 19.4. The monoisotopic (exact) mass is 448 g/mol. The van der Waals surface area contributed by atoms with Crippen molar-refractivity contribution in [1.82, 2.24) is 15.0 Å². The van der Waals surface area contributed by atoms with Crippen molar-refractivity contribution in [2.45, 2.75) is 6.92 Å². The largest absolute Gasteiger partial charge is 0.508 e. The highest BCUT2D eigenvalue weighted by Gasteiger charge is 2.14. The van der Waals surface area contributed by atoms with Crippen LogP contribution in [0.2, 0.25) is 0 Å². The Morgan fingerprint density at radius 1 is 1.19 bits per heavy atom. The lowest BCUT2D eigenvalue weighted by Gasteiger charge is -2.09. The summed E-state index contributed by atoms with van der Waals surface area (Å²) in [6.45, 7) is 1.84. The second kappa shape index (κ2) is 7.93. The molecular weight excluding hydrogens is 432 g/mol. The highest BCUT2D eigenvalue weighted by atomic mass is 32.1. The van der Waals surface area contributed by atoms with Crippen molar-refractivity contribution < 1.29 is 14.6 Å². The number of carbonyl (C=O) groups excluding carboxylic acids is 1. The number of carbonyl (C=O) groups is 1. The Kier molecular flexibility index (Phi) is 4.97. The van der Waals surface area contributed by atoms with E-state index in [1.54, 1.807) is 46.9 Å². The number of ether oxygens (including phenoxy) is 1. The highest BCUT2D eigenvalue weighted by Crippen LogP contribution is 2.38. The quantitative estimate of drug-likeness (QED) is 0.393. The zero-order valence-electron chi connectivity index (χ0n) is 16.3. The molecule has 0 spiro atoms. The van der Waals surface area contributed by atoms with E-state index in [1.165, 1.54) is 12.4 Å². The number of thiazole rings is 1. The Morgan fingerprint density at radius 2 is 2.03 bits per heavy atom. The first-order chi connectivity index (χ1) is 15.1. The molecule has 0 unspecified atom stereocenters. The summed E-state index contributed by atoms with van der Waals surface area (Å²) < 4.78 is 7.94. The molecule has 0 radical (unpaired) electrons. The van der Waals surface area contributed by atoms with Gasteiger partial charge >= 0.3 is 0 Å². The van der Waals surface area contributed by atoms with E-state index in [-0.39, 0.29) is 18.3 Å². The molecule has 0 aliphatic heterocycles. The molecule has 2 aromatic carbocycles. The summed E-state index contributed by atoms with van der Waals surface area (Å²) in [5.74, 6) is 0.955. The van der Waals surface area contributed by atoms with Gasteiger partial charge in [0.25, 0.3) is 5.91 Å². The van der Waals surface area contributed by atoms with Crippen LogP contribution >= 0.6 is 22.7 Å². The Labute approximate surface area is 185 Å². The fourth-order valence-corrected chi connectivity index (χ4v) is 5.07. The number of amides is 1. The van der Waals surface area contributed by atoms with Crippen molar-refractivity contribution in [2.24, 2.45) is 0 Å². The van der Waals surface area contributed by atoms with Gasteiger partial charge in [-0.15, -0.1) is 22.7 Å². The van der Waals surface area contributed by atoms with Gasteiger partial charge in [-0.1, -0.05) is 12.1 Å². The van der Waals surface area contributed by atoms with E-state index in [0.29, 0.717) is 22.8 Å². The van der Waals surface area contributed by atoms with Gasteiger partial charge in [-0.25, -0.2) is 15.0 Å². The zero-order chi connectivity index (χ0) is 21.4. The number of aromatic hydroxyl groups is 1. The minimum atomic E-state index is -0.308. The van der Waals surface area contributed by atoms with Gasteiger partial charge in [-0.05, 0) is 30.5 Å². The summed E-state index contributed by atoms with van der Waals surface area (Å²) in [6.07, 6.45) is 3.04. The number of thiophene rings is 1. The normalized spacial score (nSPS) is 11.1. The summed E-state index contributed by atoms with van der Waals surface area (Å²) in [5.41, 5.74) is 2.13. The predicted molar refractivity (Wildman–Crippen MR) is 123 cm³/mol. The number of aryl methyl sites for hydroxylation is 1. The van der Waals surface area contributed by atoms with Crippen molar-refractivity contribution >= 4 is 54.6 Å². The molecule has 154 valence electrons. The molecule has 0 bridgehead atoms. The van der Waals surface area contributed by atoms with Crippen LogP contribution in [0.3, 0.4) is 0 Å². The van der Waals surface area contributed by atoms with Crippen molar-refractivity contribution in [3.05, 3.63) is 59.2 Å². The van der Waals surface area contributed by atoms with Gasteiger partial charge in [0.15, 0.2) is 12.4 Å². The van der Waals surface area contributed by atoms with Crippen LogP contribution in [0.5, 0.6) is 11.5 Å². The SMILES string of the molecule is Cc1nc2c(cc(OCC(=O)Nc3cnc(-c4cccc(O)c4)nc3)c3ccsc32)s1. The van der Waals surface area contributed by atoms with Gasteiger partial charge in [0, 0.05) is 17.0 Å². The smallest absolute Gasteiger partial charge is 0.262 e. The van der Waals surface area contributed by atoms with Crippen molar-refractivity contribution in [2.75, 3.05) is 11.9 Å². The molecule has 2 N–H and O–H groups in total. The van der Waals surface area contributed by atoms with Crippen LogP contribution in [-0.2, 0) is 4.79 Å². The number of rotatable bonds is 5. The van der Waals surface area contributed by atoms with E-state index in [4.69, 9.17) is 4.74 Å². The lowest BCUT2D eigenvalue weighted by atomic mass is 10.2. The van der Waals surface area contributed by atoms with E-state index >= 15 is 0 Å². The maximum Gasteiger partial charge on any atom is 0.262 e. The van der Waals surface area contributed by atoms with Crippen LogP contribution in [-0.4, -0.2) is 32.6 Å². The number of phenols is 1. The number of hydrogen-bond acceptors (Lipinski definition) is 8. The maximum absolute atomic E-state index is 12.4. The van der Waals surface area contributed by atoms with Crippen molar-refractivity contribution in [3.8, 4) is 22.9 Å². The highest BCUT2D eigenvalue weighted by molar-refractivity contribution is 7.21. The third-order valence-corrected chi connectivity index (χ3v) is 6.41. The molecule has 1 amide bonds. The molecule has 0 aliphatic carbocycles. The van der Waals surface area contributed by atoms with Gasteiger partial charge in [0.2, 0.25) is 0 Å². The number of nitrogens with one attached hydrogen (secondary N) is 1. The third kappa shape index (κ3) is 3.92. The van der Waals surface area contributed by atoms with Crippen LogP contribution in [0.4, 0.5) is 5.69 Å². The molecule has 0 fully saturated rings. The maximum atomic E-state index is 12.4. The number of hydrogen-bond donors (Lipinski definition) is 2. The summed E-state index contributed by atoms with van der Waals surface area (Å²) in [5, 5.41) is 16.3. The summed E-state index contributed by atoms with van der Waals surface area (Å²) in [4.78, 5) is 25.5. The second-order valence-corrected chi connectivity index (χ2v) is 8.95. The van der Waals surface area contributed by atoms with Crippen molar-refractivity contribution in [1.29, 1.82) is 0 Å². The number of aromatic nitrogens is 3. The molecule has 9 heteroatoms. The molecule has 5 rings (SSSR count). The van der Waals surface area contributed by atoms with Gasteiger partial charge in [0.05, 0.1) is 38.0 Å². The molecule has 5 aromatic rings. The van der Waals surface area contributed by atoms with Gasteiger partial charge in [-0.2, -0.15) is 0 Å². The molecule has 0 atom stereocenters. The molecule has 0 aliphatic rings. The van der Waals surface area contributed by atoms with Gasteiger partial charge in [-0.3, -0.25) is 4.79 Å². The standard InChI is InChI=1S/C22H16N4O3S2/c1-12-25-20-18(31-12)8-17(16-5-6-30-21(16)20)29-11-19(28)26-14-9-23-22(24-10-14)13-3-2-4-15(27)7-13/h2-10,27H,11H2,1H3,(H,26,28). The van der Waals surface area contributed by atoms with E-state index in [9.17, 15) is 9.90 Å². The number of benzene rings is 2. The lowest BCUT2D eigenvalue weighted by Crippen LogP contribution is -2.20. The summed E-state index contributed by atoms with van der Waals surface area (Å²) >= 11 is 3.22. The van der Waals surface area contributed by atoms with Crippen LogP contribution < -0.4 is 10.1 Å². The fraction of sp³-hybridized carbons (Fsp3) is 0.0909. The first-order valence-electron chi connectivity index (χ1n) is 9.38. The zero-order valence-corrected chi connectivity index (χ0v) is 18.0. The second-order valence-electron chi connectivity index (χ2n) is 6.80. The average Bonchev–Trinajstić information content (AvgIpc) is 3.38. The fourth-order valence-electron chi connectivity index (χ4n) is 3.23. The lowest BCUT2D eigenvalue weighted by molar-refractivity contribution is -0.118. The molecule has 7 nitrogen and oxygen atoms in total. The van der Waals surface area contributed by atoms with E-state index in [0.717, 1.165) is 25.3 Å². The van der Waals surface area contributed by atoms with Crippen LogP contribution in [0.25, 0.3) is 31.7 Å². The third-order valence-electron chi connectivity index (χ3n) is 4.57. The first-order valence-corrected chi connectivity index (χ1v) is 11.1. The van der Waals surface area contributed by atoms with Crippen LogP contribution in [0.15, 0.2) is 54.2 Å². The van der Waals surface area contributed by atoms with E-state index < -0.39 is 0 Å². The number of phenolic OH excluding ortho intramolecular Hbond substituents is 1. The predicted octanol–water partition coefficient (Wildman–Crippen LogP) is 5.00. The molecule has 3 heterocycles. The molecule has 0 saturated heterocycles. The van der Waals surface area contributed by atoms with Gasteiger partial charge < -0.3 is 15.2 Å². The average molecular weight is 449 g/mol. The number of anilines is 1. The Hall–Kier alpha value is -3.56. The van der Waals surface area contributed by atoms with Crippen LogP contribution in [0.1, 0.15) is 5.01 Å². The Bertz CT molecular complexity index is 1410. The number of nitrogens with zero attached hydrogens (tertiary/aromatic N) is 3. The van der Waals surface area contributed by atoms with Gasteiger partial charge in [0.1, 0.15) is 11.5 Å². The van der Waals surface area contributed by atoms with E-state index in [2.05, 4.69) is 20.3 Å². The number of fused-ring (bicyclic) bond motifs is 3. The summed E-state index contributed by atoms with van der Waals surface area (Å²) in [6, 6.07) is 10.6. The molecule has 3 aromatic heterocycles. The minimum Gasteiger partial charge on any atom is -0.508 e. The van der Waals surface area contributed by atoms with Crippen molar-refractivity contribution in [3.63, 3.8) is 0 Å². The topological polar surface area (TPSA) is 97.2 Å². The minimum absolute atomic E-state index is 0.136. The van der Waals surface area contributed by atoms with Crippen LogP contribution in [0, 0.1) is 6.92 Å². The molecule has 0 saturated carbocycles.